The van der Waals surface area contributed by atoms with Crippen LogP contribution in [0.25, 0.3) is 0 Å². The highest BCUT2D eigenvalue weighted by Gasteiger charge is 2.11. The van der Waals surface area contributed by atoms with Crippen molar-refractivity contribution in [3.63, 3.8) is 0 Å². The van der Waals surface area contributed by atoms with Gasteiger partial charge in [0.1, 0.15) is 5.82 Å². The van der Waals surface area contributed by atoms with Crippen molar-refractivity contribution in [2.24, 2.45) is 0 Å². The molecular weight excluding hydrogens is 203 g/mol. The SMILES string of the molecule is N#Cc1ccc(NC2CC=CCC2)c(F)c1. The van der Waals surface area contributed by atoms with Crippen molar-refractivity contribution in [1.82, 2.24) is 0 Å². The van der Waals surface area contributed by atoms with E-state index < -0.39 is 0 Å². The van der Waals surface area contributed by atoms with Crippen LogP contribution in [0.3, 0.4) is 0 Å². The molecule has 1 atom stereocenters. The summed E-state index contributed by atoms with van der Waals surface area (Å²) in [5.41, 5.74) is 0.839. The number of nitrogens with one attached hydrogen (secondary N) is 1. The van der Waals surface area contributed by atoms with Crippen molar-refractivity contribution >= 4 is 5.69 Å². The summed E-state index contributed by atoms with van der Waals surface area (Å²) in [7, 11) is 0. The minimum atomic E-state index is -0.353. The van der Waals surface area contributed by atoms with Crippen LogP contribution < -0.4 is 5.32 Å². The summed E-state index contributed by atoms with van der Waals surface area (Å²) in [6.07, 6.45) is 7.25. The number of halogens is 1. The van der Waals surface area contributed by atoms with Gasteiger partial charge in [0.2, 0.25) is 0 Å². The van der Waals surface area contributed by atoms with Gasteiger partial charge in [-0.2, -0.15) is 5.26 Å². The third kappa shape index (κ3) is 2.40. The molecular formula is C13H13FN2. The zero-order chi connectivity index (χ0) is 11.4. The molecule has 2 rings (SSSR count). The molecule has 0 radical (unpaired) electrons. The lowest BCUT2D eigenvalue weighted by Crippen LogP contribution is -2.20. The molecule has 16 heavy (non-hydrogen) atoms. The van der Waals surface area contributed by atoms with Crippen LogP contribution in [0.15, 0.2) is 30.4 Å². The highest BCUT2D eigenvalue weighted by molar-refractivity contribution is 5.49. The monoisotopic (exact) mass is 216 g/mol. The second-order valence-electron chi connectivity index (χ2n) is 3.93. The number of nitriles is 1. The first-order valence-corrected chi connectivity index (χ1v) is 5.41. The van der Waals surface area contributed by atoms with E-state index in [9.17, 15) is 4.39 Å². The fourth-order valence-electron chi connectivity index (χ4n) is 1.85. The summed E-state index contributed by atoms with van der Waals surface area (Å²) in [6, 6.07) is 6.74. The summed E-state index contributed by atoms with van der Waals surface area (Å²) in [5.74, 6) is -0.353. The molecule has 1 aromatic carbocycles. The first kappa shape index (κ1) is 10.7. The topological polar surface area (TPSA) is 35.8 Å². The molecule has 0 saturated carbocycles. The van der Waals surface area contributed by atoms with E-state index in [1.165, 1.54) is 6.07 Å². The van der Waals surface area contributed by atoms with Crippen LogP contribution in [0.4, 0.5) is 10.1 Å². The summed E-state index contributed by atoms with van der Waals surface area (Å²) in [5, 5.41) is 11.8. The van der Waals surface area contributed by atoms with Gasteiger partial charge in [-0.3, -0.25) is 0 Å². The van der Waals surface area contributed by atoms with Crippen LogP contribution in [0, 0.1) is 17.1 Å². The Kier molecular flexibility index (Phi) is 3.21. The number of nitrogens with zero attached hydrogens (tertiary/aromatic N) is 1. The normalized spacial score (nSPS) is 19.1. The molecule has 0 spiro atoms. The highest BCUT2D eigenvalue weighted by atomic mass is 19.1. The van der Waals surface area contributed by atoms with Gasteiger partial charge in [-0.1, -0.05) is 12.2 Å². The van der Waals surface area contributed by atoms with Gasteiger partial charge in [0, 0.05) is 6.04 Å². The van der Waals surface area contributed by atoms with Gasteiger partial charge in [-0.05, 0) is 37.5 Å². The van der Waals surface area contributed by atoms with Crippen molar-refractivity contribution in [3.8, 4) is 6.07 Å². The summed E-state index contributed by atoms with van der Waals surface area (Å²) in [6.45, 7) is 0. The van der Waals surface area contributed by atoms with Crippen LogP contribution in [0.2, 0.25) is 0 Å². The van der Waals surface area contributed by atoms with Crippen LogP contribution >= 0.6 is 0 Å². The molecule has 0 heterocycles. The van der Waals surface area contributed by atoms with Gasteiger partial charge in [0.05, 0.1) is 17.3 Å². The average molecular weight is 216 g/mol. The first-order chi connectivity index (χ1) is 7.79. The van der Waals surface area contributed by atoms with Crippen LogP contribution in [0.1, 0.15) is 24.8 Å². The van der Waals surface area contributed by atoms with E-state index in [4.69, 9.17) is 5.26 Å². The van der Waals surface area contributed by atoms with E-state index in [0.29, 0.717) is 17.3 Å². The highest BCUT2D eigenvalue weighted by Crippen LogP contribution is 2.20. The van der Waals surface area contributed by atoms with Gasteiger partial charge in [-0.15, -0.1) is 0 Å². The molecule has 1 aliphatic rings. The molecule has 0 saturated heterocycles. The van der Waals surface area contributed by atoms with E-state index in [1.54, 1.807) is 12.1 Å². The van der Waals surface area contributed by atoms with Gasteiger partial charge >= 0.3 is 0 Å². The Morgan fingerprint density at radius 1 is 1.38 bits per heavy atom. The summed E-state index contributed by atoms with van der Waals surface area (Å²) >= 11 is 0. The molecule has 0 bridgehead atoms. The van der Waals surface area contributed by atoms with E-state index in [-0.39, 0.29) is 5.82 Å². The molecule has 1 aromatic rings. The number of hydrogen-bond donors (Lipinski definition) is 1. The predicted octanol–water partition coefficient (Wildman–Crippen LogP) is 3.22. The fourth-order valence-corrected chi connectivity index (χ4v) is 1.85. The number of hydrogen-bond acceptors (Lipinski definition) is 2. The molecule has 1 aliphatic carbocycles. The second-order valence-corrected chi connectivity index (χ2v) is 3.93. The van der Waals surface area contributed by atoms with Gasteiger partial charge in [-0.25, -0.2) is 4.39 Å². The third-order valence-electron chi connectivity index (χ3n) is 2.73. The Morgan fingerprint density at radius 3 is 2.88 bits per heavy atom. The van der Waals surface area contributed by atoms with Crippen molar-refractivity contribution in [1.29, 1.82) is 5.26 Å². The van der Waals surface area contributed by atoms with Crippen molar-refractivity contribution in [2.45, 2.75) is 25.3 Å². The molecule has 82 valence electrons. The summed E-state index contributed by atoms with van der Waals surface area (Å²) in [4.78, 5) is 0. The number of allylic oxidation sites excluding steroid dienone is 1. The maximum Gasteiger partial charge on any atom is 0.147 e. The fraction of sp³-hybridized carbons (Fsp3) is 0.308. The average Bonchev–Trinajstić information content (AvgIpc) is 2.33. The molecule has 0 amide bonds. The minimum absolute atomic E-state index is 0.299. The Hall–Kier alpha value is -1.82. The van der Waals surface area contributed by atoms with Gasteiger partial charge in [0.15, 0.2) is 0 Å². The van der Waals surface area contributed by atoms with Gasteiger partial charge < -0.3 is 5.32 Å². The lowest BCUT2D eigenvalue weighted by molar-refractivity contribution is 0.608. The molecule has 0 fully saturated rings. The first-order valence-electron chi connectivity index (χ1n) is 5.41. The number of benzene rings is 1. The van der Waals surface area contributed by atoms with E-state index in [0.717, 1.165) is 19.3 Å². The lowest BCUT2D eigenvalue weighted by Gasteiger charge is -2.20. The van der Waals surface area contributed by atoms with E-state index in [2.05, 4.69) is 17.5 Å². The molecule has 2 nitrogen and oxygen atoms in total. The summed E-state index contributed by atoms with van der Waals surface area (Å²) < 4.78 is 13.6. The Bertz CT molecular complexity index is 446. The lowest BCUT2D eigenvalue weighted by atomic mass is 10.0. The van der Waals surface area contributed by atoms with Crippen LogP contribution in [-0.2, 0) is 0 Å². The van der Waals surface area contributed by atoms with Crippen LogP contribution in [0.5, 0.6) is 0 Å². The maximum atomic E-state index is 13.6. The van der Waals surface area contributed by atoms with Crippen LogP contribution in [-0.4, -0.2) is 6.04 Å². The minimum Gasteiger partial charge on any atom is -0.380 e. The Balaban J connectivity index is 2.10. The van der Waals surface area contributed by atoms with Crippen molar-refractivity contribution in [2.75, 3.05) is 5.32 Å². The van der Waals surface area contributed by atoms with E-state index in [1.807, 2.05) is 6.07 Å². The van der Waals surface area contributed by atoms with E-state index >= 15 is 0 Å². The molecule has 1 N–H and O–H groups in total. The number of anilines is 1. The smallest absolute Gasteiger partial charge is 0.147 e. The third-order valence-corrected chi connectivity index (χ3v) is 2.73. The maximum absolute atomic E-state index is 13.6. The van der Waals surface area contributed by atoms with Crippen molar-refractivity contribution in [3.05, 3.63) is 41.7 Å². The second kappa shape index (κ2) is 4.80. The standard InChI is InChI=1S/C13H13FN2/c14-12-8-10(9-15)6-7-13(12)16-11-4-2-1-3-5-11/h1-2,6-8,11,16H,3-5H2. The van der Waals surface area contributed by atoms with Gasteiger partial charge in [0.25, 0.3) is 0 Å². The Labute approximate surface area is 94.4 Å². The quantitative estimate of drug-likeness (QED) is 0.770. The Morgan fingerprint density at radius 2 is 2.25 bits per heavy atom. The van der Waals surface area contributed by atoms with Crippen molar-refractivity contribution < 1.29 is 4.39 Å². The number of rotatable bonds is 2. The molecule has 3 heteroatoms. The molecule has 1 unspecified atom stereocenters. The zero-order valence-corrected chi connectivity index (χ0v) is 8.91. The molecule has 0 aliphatic heterocycles. The zero-order valence-electron chi connectivity index (χ0n) is 8.91. The largest absolute Gasteiger partial charge is 0.380 e. The predicted molar refractivity (Wildman–Crippen MR) is 61.5 cm³/mol. The molecule has 0 aromatic heterocycles.